The number of benzene rings is 2. The molecule has 1 aliphatic rings. The minimum absolute atomic E-state index is 0.163. The summed E-state index contributed by atoms with van der Waals surface area (Å²) in [7, 11) is 0. The van der Waals surface area contributed by atoms with Gasteiger partial charge in [-0.25, -0.2) is 4.98 Å². The second-order valence-electron chi connectivity index (χ2n) is 8.40. The van der Waals surface area contributed by atoms with Gasteiger partial charge in [0.15, 0.2) is 5.13 Å². The van der Waals surface area contributed by atoms with Crippen molar-refractivity contribution in [3.63, 3.8) is 0 Å². The summed E-state index contributed by atoms with van der Waals surface area (Å²) in [4.78, 5) is 32.1. The largest absolute Gasteiger partial charge is 0.416 e. The van der Waals surface area contributed by atoms with Crippen LogP contribution in [0.2, 0.25) is 0 Å². The minimum Gasteiger partial charge on any atom is -0.302 e. The van der Waals surface area contributed by atoms with Gasteiger partial charge in [-0.15, -0.1) is 11.3 Å². The highest BCUT2D eigenvalue weighted by molar-refractivity contribution is 8.26. The van der Waals surface area contributed by atoms with Crippen molar-refractivity contribution in [2.24, 2.45) is 0 Å². The molecule has 2 heterocycles. The maximum atomic E-state index is 12.9. The number of aromatic nitrogens is 1. The average molecular weight is 562 g/mol. The molecule has 1 N–H and O–H groups in total. The lowest BCUT2D eigenvalue weighted by atomic mass is 10.1. The minimum atomic E-state index is -4.40. The van der Waals surface area contributed by atoms with Crippen molar-refractivity contribution in [1.82, 2.24) is 9.88 Å². The Morgan fingerprint density at radius 1 is 1.19 bits per heavy atom. The van der Waals surface area contributed by atoms with Gasteiger partial charge in [0.25, 0.3) is 5.91 Å². The normalized spacial score (nSPS) is 15.0. The van der Waals surface area contributed by atoms with Crippen LogP contribution in [0.1, 0.15) is 40.0 Å². The van der Waals surface area contributed by atoms with Crippen LogP contribution in [0.3, 0.4) is 0 Å². The number of rotatable bonds is 8. The lowest BCUT2D eigenvalue weighted by molar-refractivity contribution is -0.137. The maximum absolute atomic E-state index is 12.9. The average Bonchev–Trinajstić information content (AvgIpc) is 3.38. The van der Waals surface area contributed by atoms with Gasteiger partial charge in [0.05, 0.1) is 10.5 Å². The molecule has 1 fully saturated rings. The van der Waals surface area contributed by atoms with Crippen LogP contribution in [0, 0.1) is 6.92 Å². The van der Waals surface area contributed by atoms with E-state index < -0.39 is 11.7 Å². The highest BCUT2D eigenvalue weighted by Crippen LogP contribution is 2.33. The van der Waals surface area contributed by atoms with E-state index in [-0.39, 0.29) is 24.7 Å². The van der Waals surface area contributed by atoms with Crippen LogP contribution in [-0.2, 0) is 22.2 Å². The lowest BCUT2D eigenvalue weighted by Crippen LogP contribution is -2.29. The Bertz CT molecular complexity index is 1350. The maximum Gasteiger partial charge on any atom is 0.416 e. The van der Waals surface area contributed by atoms with Crippen molar-refractivity contribution in [1.29, 1.82) is 0 Å². The number of hydrogen-bond acceptors (Lipinski definition) is 6. The third-order valence-electron chi connectivity index (χ3n) is 5.47. The number of carbonyl (C=O) groups excluding carboxylic acids is 2. The standard InChI is InChI=1S/C26H22F3N3O2S3/c1-16-7-9-17(10-8-16)14-21-23(34)32(25(35)37-21)11-3-6-22(33)31-24-30-15-20(36-24)13-18-4-2-5-19(12-18)26(27,28)29/h2,4-5,7-10,12,14-15H,3,6,11,13H2,1H3,(H,30,31,33)/b21-14+. The molecule has 192 valence electrons. The number of thiocarbonyl (C=S) groups is 1. The predicted octanol–water partition coefficient (Wildman–Crippen LogP) is 6.68. The summed E-state index contributed by atoms with van der Waals surface area (Å²) in [6.07, 6.45) is -0.187. The third kappa shape index (κ3) is 7.27. The Morgan fingerprint density at radius 2 is 1.95 bits per heavy atom. The summed E-state index contributed by atoms with van der Waals surface area (Å²) >= 11 is 7.81. The van der Waals surface area contributed by atoms with Crippen LogP contribution in [0.15, 0.2) is 59.6 Å². The van der Waals surface area contributed by atoms with E-state index in [0.29, 0.717) is 32.9 Å². The molecule has 1 aliphatic heterocycles. The first-order chi connectivity index (χ1) is 17.6. The number of alkyl halides is 3. The van der Waals surface area contributed by atoms with Gasteiger partial charge in [-0.05, 0) is 36.6 Å². The van der Waals surface area contributed by atoms with Gasteiger partial charge >= 0.3 is 6.18 Å². The van der Waals surface area contributed by atoms with Crippen LogP contribution in [0.5, 0.6) is 0 Å². The monoisotopic (exact) mass is 561 g/mol. The van der Waals surface area contributed by atoms with Crippen LogP contribution >= 0.6 is 35.3 Å². The Hall–Kier alpha value is -3.02. The molecule has 0 unspecified atom stereocenters. The molecule has 0 saturated carbocycles. The number of anilines is 1. The molecule has 0 atom stereocenters. The van der Waals surface area contributed by atoms with E-state index in [1.807, 2.05) is 37.3 Å². The molecule has 1 aromatic heterocycles. The summed E-state index contributed by atoms with van der Waals surface area (Å²) in [5.41, 5.74) is 1.86. The van der Waals surface area contributed by atoms with Crippen molar-refractivity contribution in [3.8, 4) is 0 Å². The van der Waals surface area contributed by atoms with Crippen molar-refractivity contribution < 1.29 is 22.8 Å². The molecule has 2 aromatic carbocycles. The van der Waals surface area contributed by atoms with Crippen LogP contribution in [-0.4, -0.2) is 32.6 Å². The topological polar surface area (TPSA) is 62.3 Å². The Morgan fingerprint density at radius 3 is 2.68 bits per heavy atom. The molecule has 2 amide bonds. The molecule has 0 aliphatic carbocycles. The van der Waals surface area contributed by atoms with Crippen molar-refractivity contribution >= 4 is 62.7 Å². The van der Waals surface area contributed by atoms with E-state index in [4.69, 9.17) is 12.2 Å². The first-order valence-electron chi connectivity index (χ1n) is 11.3. The van der Waals surface area contributed by atoms with Gasteiger partial charge in [0, 0.05) is 30.5 Å². The first kappa shape index (κ1) is 27.0. The summed E-state index contributed by atoms with van der Waals surface area (Å²) < 4.78 is 39.2. The van der Waals surface area contributed by atoms with Gasteiger partial charge in [0.2, 0.25) is 5.91 Å². The fourth-order valence-electron chi connectivity index (χ4n) is 3.59. The quantitative estimate of drug-likeness (QED) is 0.246. The van der Waals surface area contributed by atoms with Crippen LogP contribution in [0.25, 0.3) is 6.08 Å². The van der Waals surface area contributed by atoms with Gasteiger partial charge < -0.3 is 5.32 Å². The molecular formula is C26H22F3N3O2S3. The van der Waals surface area contributed by atoms with Crippen LogP contribution < -0.4 is 5.32 Å². The van der Waals surface area contributed by atoms with E-state index in [1.54, 1.807) is 12.3 Å². The number of nitrogens with zero attached hydrogens (tertiary/aromatic N) is 2. The number of aryl methyl sites for hydroxylation is 1. The van der Waals surface area contributed by atoms with E-state index >= 15 is 0 Å². The molecule has 0 radical (unpaired) electrons. The zero-order chi connectivity index (χ0) is 26.6. The first-order valence-corrected chi connectivity index (χ1v) is 13.4. The lowest BCUT2D eigenvalue weighted by Gasteiger charge is -2.13. The molecule has 1 saturated heterocycles. The summed E-state index contributed by atoms with van der Waals surface area (Å²) in [6.45, 7) is 2.32. The number of thioether (sulfide) groups is 1. The SMILES string of the molecule is Cc1ccc(/C=C2/SC(=S)N(CCCC(=O)Nc3ncc(Cc4cccc(C(F)(F)F)c4)s3)C2=O)cc1. The van der Waals surface area contributed by atoms with Gasteiger partial charge in [0.1, 0.15) is 4.32 Å². The van der Waals surface area contributed by atoms with E-state index in [1.165, 1.54) is 34.1 Å². The molecule has 0 spiro atoms. The fourth-order valence-corrected chi connectivity index (χ4v) is 5.76. The van der Waals surface area contributed by atoms with Crippen molar-refractivity contribution in [2.75, 3.05) is 11.9 Å². The fraction of sp³-hybridized carbons (Fsp3) is 0.231. The van der Waals surface area contributed by atoms with Gasteiger partial charge in [-0.3, -0.25) is 14.5 Å². The van der Waals surface area contributed by atoms with Gasteiger partial charge in [-0.2, -0.15) is 13.2 Å². The highest BCUT2D eigenvalue weighted by atomic mass is 32.2. The molecular weight excluding hydrogens is 540 g/mol. The van der Waals surface area contributed by atoms with E-state index in [9.17, 15) is 22.8 Å². The van der Waals surface area contributed by atoms with Gasteiger partial charge in [-0.1, -0.05) is 72.0 Å². The number of thiazole rings is 1. The number of amides is 2. The summed E-state index contributed by atoms with van der Waals surface area (Å²) in [6, 6.07) is 13.0. The molecule has 4 rings (SSSR count). The van der Waals surface area contributed by atoms with Crippen LogP contribution in [0.4, 0.5) is 18.3 Å². The number of carbonyl (C=O) groups is 2. The second-order valence-corrected chi connectivity index (χ2v) is 11.2. The van der Waals surface area contributed by atoms with E-state index in [2.05, 4.69) is 10.3 Å². The predicted molar refractivity (Wildman–Crippen MR) is 145 cm³/mol. The summed E-state index contributed by atoms with van der Waals surface area (Å²) in [5, 5.41) is 3.09. The van der Waals surface area contributed by atoms with E-state index in [0.717, 1.165) is 28.1 Å². The number of hydrogen-bond donors (Lipinski definition) is 1. The summed E-state index contributed by atoms with van der Waals surface area (Å²) in [5.74, 6) is -0.434. The zero-order valence-corrected chi connectivity index (χ0v) is 22.1. The Balaban J connectivity index is 1.26. The zero-order valence-electron chi connectivity index (χ0n) is 19.7. The highest BCUT2D eigenvalue weighted by Gasteiger charge is 2.32. The second kappa shape index (κ2) is 11.6. The van der Waals surface area contributed by atoms with Crippen molar-refractivity contribution in [2.45, 2.75) is 32.4 Å². The molecule has 0 bridgehead atoms. The Kier molecular flexibility index (Phi) is 8.46. The third-order valence-corrected chi connectivity index (χ3v) is 7.76. The molecule has 5 nitrogen and oxygen atoms in total. The molecule has 11 heteroatoms. The molecule has 3 aromatic rings. The molecule has 37 heavy (non-hydrogen) atoms. The number of nitrogens with one attached hydrogen (secondary N) is 1. The smallest absolute Gasteiger partial charge is 0.302 e. The van der Waals surface area contributed by atoms with Crippen molar-refractivity contribution in [3.05, 3.63) is 86.8 Å². The number of halogens is 3. The Labute approximate surface area is 225 Å².